The molecular formula is C15H16NO4PS. The van der Waals surface area contributed by atoms with Gasteiger partial charge in [0.15, 0.2) is 0 Å². The number of hydrogen-bond donors (Lipinski definition) is 2. The lowest BCUT2D eigenvalue weighted by molar-refractivity contribution is 0.188. The maximum atomic E-state index is 11.0. The van der Waals surface area contributed by atoms with E-state index >= 15 is 0 Å². The summed E-state index contributed by atoms with van der Waals surface area (Å²) < 4.78 is 15.7. The predicted molar refractivity (Wildman–Crippen MR) is 86.6 cm³/mol. The zero-order chi connectivity index (χ0) is 15.7. The second-order valence-electron chi connectivity index (χ2n) is 5.04. The third-order valence-corrected chi connectivity index (χ3v) is 5.01. The number of rotatable bonds is 4. The summed E-state index contributed by atoms with van der Waals surface area (Å²) in [7, 11) is -4.47. The lowest BCUT2D eigenvalue weighted by Gasteiger charge is -2.37. The highest BCUT2D eigenvalue weighted by Gasteiger charge is 2.28. The maximum Gasteiger partial charge on any atom is 0.469 e. The van der Waals surface area contributed by atoms with E-state index < -0.39 is 7.82 Å². The molecule has 0 fully saturated rings. The number of fused-ring (bicyclic) bond motifs is 2. The van der Waals surface area contributed by atoms with Crippen molar-refractivity contribution < 1.29 is 18.9 Å². The average Bonchev–Trinajstić information content (AvgIpc) is 2.49. The van der Waals surface area contributed by atoms with Crippen molar-refractivity contribution in [1.29, 1.82) is 0 Å². The van der Waals surface area contributed by atoms with E-state index in [1.807, 2.05) is 55.5 Å². The van der Waals surface area contributed by atoms with Gasteiger partial charge in [0.2, 0.25) is 0 Å². The van der Waals surface area contributed by atoms with Crippen LogP contribution in [0.2, 0.25) is 0 Å². The van der Waals surface area contributed by atoms with Gasteiger partial charge < -0.3 is 14.7 Å². The van der Waals surface area contributed by atoms with Crippen molar-refractivity contribution in [2.45, 2.75) is 22.8 Å². The van der Waals surface area contributed by atoms with Crippen molar-refractivity contribution in [3.8, 4) is 0 Å². The first-order valence-electron chi connectivity index (χ1n) is 6.81. The number of anilines is 2. The zero-order valence-electron chi connectivity index (χ0n) is 11.9. The van der Waals surface area contributed by atoms with Gasteiger partial charge in [-0.05, 0) is 31.2 Å². The standard InChI is InChI=1S/C15H16NO4PS/c1-11(10-20-21(17,18)19)16-12-6-2-4-8-14(12)22-15-9-5-3-7-13(15)16/h2-9,11H,10H2,1H3,(H2,17,18,19). The summed E-state index contributed by atoms with van der Waals surface area (Å²) in [5.74, 6) is 0. The average molecular weight is 337 g/mol. The van der Waals surface area contributed by atoms with E-state index in [1.54, 1.807) is 11.8 Å². The highest BCUT2D eigenvalue weighted by atomic mass is 32.2. The van der Waals surface area contributed by atoms with Crippen LogP contribution in [0.1, 0.15) is 6.92 Å². The molecule has 1 unspecified atom stereocenters. The fourth-order valence-electron chi connectivity index (χ4n) is 2.49. The second-order valence-corrected chi connectivity index (χ2v) is 7.37. The first-order valence-corrected chi connectivity index (χ1v) is 9.15. The van der Waals surface area contributed by atoms with Crippen LogP contribution in [0.15, 0.2) is 58.3 Å². The van der Waals surface area contributed by atoms with E-state index in [2.05, 4.69) is 4.90 Å². The van der Waals surface area contributed by atoms with Gasteiger partial charge in [0.05, 0.1) is 24.0 Å². The third-order valence-electron chi connectivity index (χ3n) is 3.39. The van der Waals surface area contributed by atoms with E-state index in [1.165, 1.54) is 0 Å². The summed E-state index contributed by atoms with van der Waals surface area (Å²) in [6.45, 7) is 1.83. The van der Waals surface area contributed by atoms with E-state index in [-0.39, 0.29) is 12.6 Å². The van der Waals surface area contributed by atoms with Crippen molar-refractivity contribution in [2.24, 2.45) is 0 Å². The molecule has 1 heterocycles. The van der Waals surface area contributed by atoms with Crippen LogP contribution in [0.25, 0.3) is 0 Å². The largest absolute Gasteiger partial charge is 0.469 e. The molecule has 1 aliphatic rings. The Kier molecular flexibility index (Phi) is 4.30. The van der Waals surface area contributed by atoms with E-state index in [4.69, 9.17) is 14.3 Å². The Morgan fingerprint density at radius 3 is 2.09 bits per heavy atom. The Morgan fingerprint density at radius 1 is 1.09 bits per heavy atom. The fourth-order valence-corrected chi connectivity index (χ4v) is 3.97. The lowest BCUT2D eigenvalue weighted by Crippen LogP contribution is -2.34. The normalized spacial score (nSPS) is 15.1. The molecule has 1 aliphatic heterocycles. The summed E-state index contributed by atoms with van der Waals surface area (Å²) in [5, 5.41) is 0. The minimum Gasteiger partial charge on any atom is -0.334 e. The molecule has 22 heavy (non-hydrogen) atoms. The molecule has 5 nitrogen and oxygen atoms in total. The van der Waals surface area contributed by atoms with Gasteiger partial charge >= 0.3 is 7.82 Å². The number of benzene rings is 2. The van der Waals surface area contributed by atoms with Crippen molar-refractivity contribution in [2.75, 3.05) is 11.5 Å². The van der Waals surface area contributed by atoms with Crippen LogP contribution in [-0.2, 0) is 9.09 Å². The van der Waals surface area contributed by atoms with Gasteiger partial charge in [-0.2, -0.15) is 0 Å². The molecule has 2 aromatic rings. The molecule has 2 N–H and O–H groups in total. The Bertz CT molecular complexity index is 687. The molecule has 7 heteroatoms. The number of phosphoric ester groups is 1. The Labute approximate surface area is 133 Å². The van der Waals surface area contributed by atoms with Gasteiger partial charge in [0, 0.05) is 9.79 Å². The number of nitrogens with zero attached hydrogens (tertiary/aromatic N) is 1. The third kappa shape index (κ3) is 3.21. The van der Waals surface area contributed by atoms with E-state index in [9.17, 15) is 4.57 Å². The van der Waals surface area contributed by atoms with Crippen LogP contribution in [0.3, 0.4) is 0 Å². The van der Waals surface area contributed by atoms with Crippen molar-refractivity contribution >= 4 is 31.0 Å². The number of phosphoric acid groups is 1. The maximum absolute atomic E-state index is 11.0. The summed E-state index contributed by atoms with van der Waals surface area (Å²) in [6, 6.07) is 15.8. The van der Waals surface area contributed by atoms with Crippen molar-refractivity contribution in [1.82, 2.24) is 0 Å². The monoisotopic (exact) mass is 337 g/mol. The summed E-state index contributed by atoms with van der Waals surface area (Å²) >= 11 is 1.69. The van der Waals surface area contributed by atoms with Gasteiger partial charge in [-0.1, -0.05) is 36.0 Å². The van der Waals surface area contributed by atoms with Crippen molar-refractivity contribution in [3.63, 3.8) is 0 Å². The Balaban J connectivity index is 1.97. The first-order chi connectivity index (χ1) is 10.5. The van der Waals surface area contributed by atoms with Crippen LogP contribution >= 0.6 is 19.6 Å². The molecule has 0 amide bonds. The minimum absolute atomic E-state index is 0.0579. The highest BCUT2D eigenvalue weighted by molar-refractivity contribution is 7.99. The highest BCUT2D eigenvalue weighted by Crippen LogP contribution is 2.49. The van der Waals surface area contributed by atoms with Crippen LogP contribution in [0, 0.1) is 0 Å². The molecule has 0 saturated carbocycles. The summed E-state index contributed by atoms with van der Waals surface area (Å²) in [5.41, 5.74) is 2.04. The molecule has 0 aliphatic carbocycles. The summed E-state index contributed by atoms with van der Waals surface area (Å²) in [6.07, 6.45) is 0. The van der Waals surface area contributed by atoms with Gasteiger partial charge in [-0.25, -0.2) is 4.57 Å². The lowest BCUT2D eigenvalue weighted by atomic mass is 10.1. The van der Waals surface area contributed by atoms with Crippen LogP contribution in [-0.4, -0.2) is 22.4 Å². The molecule has 2 aromatic carbocycles. The molecule has 116 valence electrons. The van der Waals surface area contributed by atoms with E-state index in [0.717, 1.165) is 21.2 Å². The molecule has 0 saturated heterocycles. The smallest absolute Gasteiger partial charge is 0.334 e. The van der Waals surface area contributed by atoms with E-state index in [0.29, 0.717) is 0 Å². The molecular weight excluding hydrogens is 321 g/mol. The molecule has 3 rings (SSSR count). The number of para-hydroxylation sites is 2. The van der Waals surface area contributed by atoms with Gasteiger partial charge in [-0.15, -0.1) is 0 Å². The first kappa shape index (κ1) is 15.6. The molecule has 0 aromatic heterocycles. The molecule has 0 bridgehead atoms. The topological polar surface area (TPSA) is 70.0 Å². The van der Waals surface area contributed by atoms with Gasteiger partial charge in [0.1, 0.15) is 0 Å². The molecule has 0 spiro atoms. The van der Waals surface area contributed by atoms with Gasteiger partial charge in [-0.3, -0.25) is 4.52 Å². The summed E-state index contributed by atoms with van der Waals surface area (Å²) in [4.78, 5) is 22.1. The predicted octanol–water partition coefficient (Wildman–Crippen LogP) is 3.79. The van der Waals surface area contributed by atoms with Crippen molar-refractivity contribution in [3.05, 3.63) is 48.5 Å². The quantitative estimate of drug-likeness (QED) is 0.827. The van der Waals surface area contributed by atoms with Gasteiger partial charge in [0.25, 0.3) is 0 Å². The Morgan fingerprint density at radius 2 is 1.59 bits per heavy atom. The van der Waals surface area contributed by atoms with Crippen LogP contribution < -0.4 is 4.90 Å². The Hall–Kier alpha value is -1.30. The minimum atomic E-state index is -4.47. The fraction of sp³-hybridized carbons (Fsp3) is 0.200. The van der Waals surface area contributed by atoms with Crippen LogP contribution in [0.5, 0.6) is 0 Å². The molecule has 0 radical (unpaired) electrons. The van der Waals surface area contributed by atoms with Crippen LogP contribution in [0.4, 0.5) is 11.4 Å². The SMILES string of the molecule is CC(COP(=O)(O)O)N1c2ccccc2Sc2ccccc21. The molecule has 1 atom stereocenters. The number of hydrogen-bond acceptors (Lipinski definition) is 4. The second kappa shape index (κ2) is 6.07. The zero-order valence-corrected chi connectivity index (χ0v) is 13.6.